The normalized spacial score (nSPS) is 11.2. The lowest BCUT2D eigenvalue weighted by Gasteiger charge is -2.08. The molecule has 0 spiro atoms. The molecule has 2 heterocycles. The van der Waals surface area contributed by atoms with E-state index in [1.807, 2.05) is 0 Å². The van der Waals surface area contributed by atoms with E-state index in [1.165, 1.54) is 10.9 Å². The number of benzene rings is 2. The van der Waals surface area contributed by atoms with Crippen LogP contribution in [0.5, 0.6) is 0 Å². The maximum atomic E-state index is 12.7. The number of fused-ring (bicyclic) bond motifs is 2. The van der Waals surface area contributed by atoms with Crippen molar-refractivity contribution in [1.29, 1.82) is 0 Å². The molecule has 0 amide bonds. The SMILES string of the molecule is O=c1c2nc3ccccc3c(=O)n2ncn1-c1ccccc1Cl. The number of para-hydroxylation sites is 2. The highest BCUT2D eigenvalue weighted by Crippen LogP contribution is 2.17. The lowest BCUT2D eigenvalue weighted by atomic mass is 10.2. The Morgan fingerprint density at radius 3 is 2.48 bits per heavy atom. The van der Waals surface area contributed by atoms with E-state index >= 15 is 0 Å². The molecule has 112 valence electrons. The third kappa shape index (κ3) is 2.03. The minimum Gasteiger partial charge on any atom is -0.267 e. The zero-order valence-electron chi connectivity index (χ0n) is 11.7. The summed E-state index contributed by atoms with van der Waals surface area (Å²) in [6, 6.07) is 13.7. The molecule has 2 aromatic heterocycles. The van der Waals surface area contributed by atoms with E-state index in [9.17, 15) is 9.59 Å². The molecule has 7 heteroatoms. The van der Waals surface area contributed by atoms with Gasteiger partial charge in [-0.05, 0) is 24.3 Å². The van der Waals surface area contributed by atoms with Crippen molar-refractivity contribution in [1.82, 2.24) is 19.2 Å². The fourth-order valence-electron chi connectivity index (χ4n) is 2.45. The molecule has 0 atom stereocenters. The summed E-state index contributed by atoms with van der Waals surface area (Å²) in [5.74, 6) is 0. The van der Waals surface area contributed by atoms with Crippen LogP contribution in [0.25, 0.3) is 22.2 Å². The van der Waals surface area contributed by atoms with Gasteiger partial charge in [0.1, 0.15) is 6.33 Å². The first-order chi connectivity index (χ1) is 11.2. The van der Waals surface area contributed by atoms with E-state index in [1.54, 1.807) is 48.5 Å². The van der Waals surface area contributed by atoms with Crippen molar-refractivity contribution in [3.05, 3.63) is 80.6 Å². The van der Waals surface area contributed by atoms with Gasteiger partial charge in [-0.2, -0.15) is 9.61 Å². The number of nitrogens with zero attached hydrogens (tertiary/aromatic N) is 4. The average Bonchev–Trinajstić information content (AvgIpc) is 2.57. The van der Waals surface area contributed by atoms with Gasteiger partial charge >= 0.3 is 5.56 Å². The summed E-state index contributed by atoms with van der Waals surface area (Å²) >= 11 is 6.13. The van der Waals surface area contributed by atoms with Gasteiger partial charge in [0.05, 0.1) is 21.6 Å². The van der Waals surface area contributed by atoms with Crippen molar-refractivity contribution in [3.63, 3.8) is 0 Å². The Labute approximate surface area is 134 Å². The third-order valence-corrected chi connectivity index (χ3v) is 3.88. The van der Waals surface area contributed by atoms with Crippen molar-refractivity contribution < 1.29 is 0 Å². The zero-order valence-corrected chi connectivity index (χ0v) is 12.4. The minimum absolute atomic E-state index is 0.0453. The van der Waals surface area contributed by atoms with Crippen LogP contribution in [0, 0.1) is 0 Å². The number of hydrogen-bond donors (Lipinski definition) is 0. The van der Waals surface area contributed by atoms with Gasteiger partial charge in [-0.1, -0.05) is 35.9 Å². The smallest absolute Gasteiger partial charge is 0.267 e. The van der Waals surface area contributed by atoms with Crippen molar-refractivity contribution in [2.24, 2.45) is 0 Å². The standard InChI is InChI=1S/C16H9ClN4O2/c17-11-6-2-4-8-13(11)20-9-18-21-14(16(20)23)19-12-7-3-1-5-10(12)15(21)22/h1-9H. The van der Waals surface area contributed by atoms with Gasteiger partial charge in [0.2, 0.25) is 5.65 Å². The Morgan fingerprint density at radius 1 is 0.913 bits per heavy atom. The van der Waals surface area contributed by atoms with Crippen molar-refractivity contribution in [2.75, 3.05) is 0 Å². The first kappa shape index (κ1) is 13.7. The van der Waals surface area contributed by atoms with Crippen molar-refractivity contribution >= 4 is 28.2 Å². The molecule has 0 radical (unpaired) electrons. The predicted octanol–water partition coefficient (Wildman–Crippen LogP) is 2.05. The lowest BCUT2D eigenvalue weighted by molar-refractivity contribution is 0.790. The van der Waals surface area contributed by atoms with Crippen LogP contribution in [0.2, 0.25) is 5.02 Å². The second-order valence-electron chi connectivity index (χ2n) is 4.93. The Kier molecular flexibility index (Phi) is 2.99. The van der Waals surface area contributed by atoms with Crippen LogP contribution in [0.4, 0.5) is 0 Å². The first-order valence-electron chi connectivity index (χ1n) is 6.81. The van der Waals surface area contributed by atoms with Crippen LogP contribution in [0.1, 0.15) is 0 Å². The number of aromatic nitrogens is 4. The molecule has 0 fully saturated rings. The Bertz CT molecular complexity index is 1180. The van der Waals surface area contributed by atoms with Gasteiger partial charge in [0.25, 0.3) is 5.56 Å². The van der Waals surface area contributed by atoms with Gasteiger partial charge in [-0.3, -0.25) is 14.2 Å². The molecule has 2 aromatic carbocycles. The molecular weight excluding hydrogens is 316 g/mol. The lowest BCUT2D eigenvalue weighted by Crippen LogP contribution is -2.29. The van der Waals surface area contributed by atoms with Crippen molar-refractivity contribution in [3.8, 4) is 5.69 Å². The minimum atomic E-state index is -0.462. The molecule has 23 heavy (non-hydrogen) atoms. The second kappa shape index (κ2) is 5.03. The van der Waals surface area contributed by atoms with E-state index < -0.39 is 5.56 Å². The monoisotopic (exact) mass is 324 g/mol. The maximum absolute atomic E-state index is 12.7. The molecule has 0 N–H and O–H groups in total. The van der Waals surface area contributed by atoms with E-state index in [-0.39, 0.29) is 11.2 Å². The molecule has 0 bridgehead atoms. The number of hydrogen-bond acceptors (Lipinski definition) is 4. The molecule has 0 unspecified atom stereocenters. The average molecular weight is 325 g/mol. The molecular formula is C16H9ClN4O2. The van der Waals surface area contributed by atoms with Gasteiger partial charge in [0.15, 0.2) is 0 Å². The molecule has 0 aliphatic heterocycles. The fraction of sp³-hybridized carbons (Fsp3) is 0. The largest absolute Gasteiger partial charge is 0.301 e. The second-order valence-corrected chi connectivity index (χ2v) is 5.33. The summed E-state index contributed by atoms with van der Waals surface area (Å²) in [6.45, 7) is 0. The molecule has 6 nitrogen and oxygen atoms in total. The first-order valence-corrected chi connectivity index (χ1v) is 7.19. The van der Waals surface area contributed by atoms with Crippen molar-refractivity contribution in [2.45, 2.75) is 0 Å². The molecule has 0 saturated carbocycles. The molecule has 4 aromatic rings. The fourth-order valence-corrected chi connectivity index (χ4v) is 2.68. The molecule has 0 aliphatic rings. The molecule has 4 rings (SSSR count). The molecule has 0 saturated heterocycles. The Hall–Kier alpha value is -2.99. The van der Waals surface area contributed by atoms with Crippen LogP contribution in [-0.4, -0.2) is 19.2 Å². The van der Waals surface area contributed by atoms with E-state index in [4.69, 9.17) is 11.6 Å². The highest BCUT2D eigenvalue weighted by Gasteiger charge is 2.12. The third-order valence-electron chi connectivity index (χ3n) is 3.56. The quantitative estimate of drug-likeness (QED) is 0.502. The van der Waals surface area contributed by atoms with E-state index in [2.05, 4.69) is 10.1 Å². The van der Waals surface area contributed by atoms with Crippen LogP contribution >= 0.6 is 11.6 Å². The van der Waals surface area contributed by atoms with Gasteiger partial charge in [0, 0.05) is 0 Å². The van der Waals surface area contributed by atoms with Crippen LogP contribution in [0.3, 0.4) is 0 Å². The number of halogens is 1. The summed E-state index contributed by atoms with van der Waals surface area (Å²) in [5, 5.41) is 4.87. The Morgan fingerprint density at radius 2 is 1.65 bits per heavy atom. The summed E-state index contributed by atoms with van der Waals surface area (Å²) in [6.07, 6.45) is 1.27. The zero-order chi connectivity index (χ0) is 16.0. The van der Waals surface area contributed by atoms with Crippen LogP contribution in [0.15, 0.2) is 64.4 Å². The summed E-state index contributed by atoms with van der Waals surface area (Å²) in [5.41, 5.74) is 0.0472. The number of rotatable bonds is 1. The topological polar surface area (TPSA) is 69.3 Å². The van der Waals surface area contributed by atoms with E-state index in [0.717, 1.165) is 4.52 Å². The molecule has 0 aliphatic carbocycles. The van der Waals surface area contributed by atoms with E-state index in [0.29, 0.717) is 21.6 Å². The highest BCUT2D eigenvalue weighted by atomic mass is 35.5. The summed E-state index contributed by atoms with van der Waals surface area (Å²) in [7, 11) is 0. The van der Waals surface area contributed by atoms with Crippen LogP contribution in [-0.2, 0) is 0 Å². The van der Waals surface area contributed by atoms with Gasteiger partial charge in [-0.25, -0.2) is 4.98 Å². The highest BCUT2D eigenvalue weighted by molar-refractivity contribution is 6.32. The van der Waals surface area contributed by atoms with Crippen LogP contribution < -0.4 is 11.1 Å². The summed E-state index contributed by atoms with van der Waals surface area (Å²) in [4.78, 5) is 29.4. The van der Waals surface area contributed by atoms with Gasteiger partial charge in [-0.15, -0.1) is 0 Å². The summed E-state index contributed by atoms with van der Waals surface area (Å²) < 4.78 is 2.29. The predicted molar refractivity (Wildman–Crippen MR) is 87.4 cm³/mol. The Balaban J connectivity index is 2.14. The van der Waals surface area contributed by atoms with Gasteiger partial charge < -0.3 is 0 Å². The maximum Gasteiger partial charge on any atom is 0.301 e.